The Labute approximate surface area is 153 Å². The van der Waals surface area contributed by atoms with Crippen LogP contribution in [0.15, 0.2) is 78.0 Å². The zero-order valence-electron chi connectivity index (χ0n) is 14.6. The van der Waals surface area contributed by atoms with E-state index in [1.807, 2.05) is 55.6 Å². The number of carbonyl (C=O) groups excluding carboxylic acids is 1. The van der Waals surface area contributed by atoms with Crippen LogP contribution < -0.4 is 16.4 Å². The number of para-hydroxylation sites is 1. The number of nitrogen functional groups attached to an aromatic ring is 1. The number of likely N-dealkylation sites (N-methyl/N-ethyl adjacent to an activating group) is 1. The summed E-state index contributed by atoms with van der Waals surface area (Å²) in [6.07, 6.45) is 5.94. The second kappa shape index (κ2) is 6.32. The smallest absolute Gasteiger partial charge is 0.157 e. The van der Waals surface area contributed by atoms with Gasteiger partial charge in [0.15, 0.2) is 5.78 Å². The maximum absolute atomic E-state index is 12.6. The first kappa shape index (κ1) is 16.4. The molecule has 0 saturated carbocycles. The monoisotopic (exact) mass is 343 g/mol. The highest BCUT2D eigenvalue weighted by atomic mass is 16.1. The molecular formula is C22H21N3O. The van der Waals surface area contributed by atoms with Gasteiger partial charge < -0.3 is 16.4 Å². The standard InChI is InChI=1S/C22H21N3O/c1-25-18-7-3-2-5-16(18)21(14-9-11-15(24)12-10-14)22-17(20(26)13-23)6-4-8-19(22)25/h2-12,17H,13,23-24H2,1H3. The van der Waals surface area contributed by atoms with Crippen molar-refractivity contribution in [2.75, 3.05) is 24.2 Å². The molecule has 26 heavy (non-hydrogen) atoms. The number of rotatable bonds is 3. The quantitative estimate of drug-likeness (QED) is 0.840. The lowest BCUT2D eigenvalue weighted by atomic mass is 9.77. The summed E-state index contributed by atoms with van der Waals surface area (Å²) in [6, 6.07) is 16.1. The van der Waals surface area contributed by atoms with Crippen molar-refractivity contribution in [2.45, 2.75) is 0 Å². The molecule has 0 fully saturated rings. The Bertz CT molecular complexity index is 967. The van der Waals surface area contributed by atoms with Crippen molar-refractivity contribution in [3.8, 4) is 0 Å². The number of Topliss-reactive ketones (excluding diaryl/α,β-unsaturated/α-hetero) is 1. The Morgan fingerprint density at radius 2 is 1.85 bits per heavy atom. The average molecular weight is 343 g/mol. The zero-order chi connectivity index (χ0) is 18.3. The van der Waals surface area contributed by atoms with Crippen molar-refractivity contribution in [3.05, 3.63) is 89.2 Å². The molecule has 1 heterocycles. The van der Waals surface area contributed by atoms with E-state index in [-0.39, 0.29) is 18.2 Å². The third kappa shape index (κ3) is 2.47. The van der Waals surface area contributed by atoms with Crippen molar-refractivity contribution < 1.29 is 4.79 Å². The third-order valence-corrected chi connectivity index (χ3v) is 5.06. The van der Waals surface area contributed by atoms with Gasteiger partial charge in [-0.2, -0.15) is 0 Å². The van der Waals surface area contributed by atoms with Gasteiger partial charge in [-0.3, -0.25) is 4.79 Å². The van der Waals surface area contributed by atoms with Gasteiger partial charge in [-0.1, -0.05) is 42.5 Å². The molecule has 0 aromatic heterocycles. The maximum atomic E-state index is 12.6. The summed E-state index contributed by atoms with van der Waals surface area (Å²) in [5.74, 6) is -0.328. The minimum atomic E-state index is -0.344. The van der Waals surface area contributed by atoms with Crippen LogP contribution in [0.2, 0.25) is 0 Å². The summed E-state index contributed by atoms with van der Waals surface area (Å²) < 4.78 is 0. The van der Waals surface area contributed by atoms with Gasteiger partial charge in [0.25, 0.3) is 0 Å². The van der Waals surface area contributed by atoms with E-state index in [1.165, 1.54) is 0 Å². The van der Waals surface area contributed by atoms with Gasteiger partial charge in [0, 0.05) is 29.7 Å². The fourth-order valence-electron chi connectivity index (χ4n) is 3.79. The molecule has 1 atom stereocenters. The van der Waals surface area contributed by atoms with Crippen molar-refractivity contribution in [3.63, 3.8) is 0 Å². The topological polar surface area (TPSA) is 72.3 Å². The summed E-state index contributed by atoms with van der Waals surface area (Å²) >= 11 is 0. The predicted octanol–water partition coefficient (Wildman–Crippen LogP) is 3.12. The van der Waals surface area contributed by atoms with Gasteiger partial charge in [-0.15, -0.1) is 0 Å². The SMILES string of the molecule is CN1C2=CC=CC(C(=O)CN)C2=C(c2ccc(N)cc2)c2ccccc21. The molecule has 130 valence electrons. The van der Waals surface area contributed by atoms with Crippen molar-refractivity contribution in [1.82, 2.24) is 0 Å². The van der Waals surface area contributed by atoms with Gasteiger partial charge in [-0.25, -0.2) is 0 Å². The molecule has 2 aromatic carbocycles. The van der Waals surface area contributed by atoms with Crippen LogP contribution in [0.3, 0.4) is 0 Å². The number of allylic oxidation sites excluding steroid dienone is 4. The van der Waals surface area contributed by atoms with Gasteiger partial charge in [0.1, 0.15) is 0 Å². The zero-order valence-corrected chi connectivity index (χ0v) is 14.6. The van der Waals surface area contributed by atoms with Crippen LogP contribution in [-0.2, 0) is 4.79 Å². The molecule has 4 N–H and O–H groups in total. The van der Waals surface area contributed by atoms with E-state index in [4.69, 9.17) is 11.5 Å². The van der Waals surface area contributed by atoms with E-state index < -0.39 is 0 Å². The number of carbonyl (C=O) groups is 1. The van der Waals surface area contributed by atoms with Crippen molar-refractivity contribution in [1.29, 1.82) is 0 Å². The highest BCUT2D eigenvalue weighted by Gasteiger charge is 2.34. The number of hydrogen-bond acceptors (Lipinski definition) is 4. The molecule has 4 nitrogen and oxygen atoms in total. The number of benzene rings is 2. The molecule has 0 bridgehead atoms. The first-order chi connectivity index (χ1) is 12.6. The van der Waals surface area contributed by atoms with E-state index >= 15 is 0 Å². The minimum Gasteiger partial charge on any atom is -0.399 e. The normalized spacial score (nSPS) is 18.3. The molecule has 1 aliphatic carbocycles. The molecule has 0 radical (unpaired) electrons. The first-order valence-corrected chi connectivity index (χ1v) is 8.66. The average Bonchev–Trinajstić information content (AvgIpc) is 2.68. The summed E-state index contributed by atoms with van der Waals surface area (Å²) in [5.41, 5.74) is 18.7. The van der Waals surface area contributed by atoms with E-state index in [1.54, 1.807) is 0 Å². The number of nitrogens with two attached hydrogens (primary N) is 2. The van der Waals surface area contributed by atoms with Gasteiger partial charge in [0.05, 0.1) is 12.5 Å². The van der Waals surface area contributed by atoms with Crippen LogP contribution in [0.1, 0.15) is 11.1 Å². The van der Waals surface area contributed by atoms with Crippen molar-refractivity contribution >= 4 is 22.7 Å². The summed E-state index contributed by atoms with van der Waals surface area (Å²) in [4.78, 5) is 14.7. The third-order valence-electron chi connectivity index (χ3n) is 5.06. The van der Waals surface area contributed by atoms with E-state index in [0.717, 1.165) is 39.3 Å². The van der Waals surface area contributed by atoms with E-state index in [2.05, 4.69) is 23.1 Å². The van der Waals surface area contributed by atoms with Crippen LogP contribution in [0.5, 0.6) is 0 Å². The van der Waals surface area contributed by atoms with Crippen LogP contribution in [-0.4, -0.2) is 19.4 Å². The number of fused-ring (bicyclic) bond motifs is 2. The lowest BCUT2D eigenvalue weighted by molar-refractivity contribution is -0.119. The van der Waals surface area contributed by atoms with Gasteiger partial charge >= 0.3 is 0 Å². The van der Waals surface area contributed by atoms with Crippen LogP contribution in [0.4, 0.5) is 11.4 Å². The van der Waals surface area contributed by atoms with Gasteiger partial charge in [0.2, 0.25) is 0 Å². The molecule has 0 saturated heterocycles. The van der Waals surface area contributed by atoms with Crippen LogP contribution in [0.25, 0.3) is 5.57 Å². The lowest BCUT2D eigenvalue weighted by Gasteiger charge is -2.37. The number of anilines is 2. The van der Waals surface area contributed by atoms with Crippen molar-refractivity contribution in [2.24, 2.45) is 11.7 Å². The molecule has 1 aliphatic heterocycles. The molecule has 1 unspecified atom stereocenters. The fraction of sp³-hybridized carbons (Fsp3) is 0.136. The second-order valence-corrected chi connectivity index (χ2v) is 6.57. The lowest BCUT2D eigenvalue weighted by Crippen LogP contribution is -2.33. The molecular weight excluding hydrogens is 322 g/mol. The minimum absolute atomic E-state index is 0.0163. The highest BCUT2D eigenvalue weighted by Crippen LogP contribution is 2.46. The van der Waals surface area contributed by atoms with E-state index in [0.29, 0.717) is 0 Å². The van der Waals surface area contributed by atoms with Crippen LogP contribution >= 0.6 is 0 Å². The Balaban J connectivity index is 2.05. The molecule has 4 heteroatoms. The van der Waals surface area contributed by atoms with Gasteiger partial charge in [-0.05, 0) is 41.0 Å². The highest BCUT2D eigenvalue weighted by molar-refractivity contribution is 6.00. The Kier molecular flexibility index (Phi) is 3.98. The molecule has 4 rings (SSSR count). The molecule has 0 amide bonds. The van der Waals surface area contributed by atoms with Crippen LogP contribution in [0, 0.1) is 5.92 Å². The Morgan fingerprint density at radius 1 is 1.12 bits per heavy atom. The molecule has 0 spiro atoms. The number of nitrogens with zero attached hydrogens (tertiary/aromatic N) is 1. The van der Waals surface area contributed by atoms with E-state index in [9.17, 15) is 4.79 Å². The first-order valence-electron chi connectivity index (χ1n) is 8.66. The summed E-state index contributed by atoms with van der Waals surface area (Å²) in [5, 5.41) is 0. The number of hydrogen-bond donors (Lipinski definition) is 2. The largest absolute Gasteiger partial charge is 0.399 e. The Morgan fingerprint density at radius 3 is 2.58 bits per heavy atom. The second-order valence-electron chi connectivity index (χ2n) is 6.57. The maximum Gasteiger partial charge on any atom is 0.157 e. The molecule has 2 aliphatic rings. The summed E-state index contributed by atoms with van der Waals surface area (Å²) in [6.45, 7) is 0.0200. The molecule has 2 aromatic rings. The Hall–Kier alpha value is -3.11. The fourth-order valence-corrected chi connectivity index (χ4v) is 3.79. The predicted molar refractivity (Wildman–Crippen MR) is 106 cm³/mol. The number of ketones is 1. The summed E-state index contributed by atoms with van der Waals surface area (Å²) in [7, 11) is 2.04.